The van der Waals surface area contributed by atoms with E-state index in [4.69, 9.17) is 4.42 Å². The van der Waals surface area contributed by atoms with E-state index in [0.29, 0.717) is 0 Å². The van der Waals surface area contributed by atoms with Crippen molar-refractivity contribution in [3.63, 3.8) is 0 Å². The third kappa shape index (κ3) is 2.19. The Kier molecular flexibility index (Phi) is 2.74. The SMILES string of the molecule is Cc1cc2c(NC(C)c3ccc(C)o3)nccn2n1. The third-order valence-electron chi connectivity index (χ3n) is 3.05. The number of hydrogen-bond acceptors (Lipinski definition) is 4. The van der Waals surface area contributed by atoms with Gasteiger partial charge in [0.15, 0.2) is 5.82 Å². The molecule has 1 N–H and O–H groups in total. The summed E-state index contributed by atoms with van der Waals surface area (Å²) in [6, 6.07) is 6.01. The highest BCUT2D eigenvalue weighted by Gasteiger charge is 2.12. The Morgan fingerprint density at radius 2 is 2.16 bits per heavy atom. The molecule has 0 spiro atoms. The highest BCUT2D eigenvalue weighted by atomic mass is 16.3. The number of nitrogens with one attached hydrogen (secondary N) is 1. The molecule has 0 aromatic carbocycles. The Morgan fingerprint density at radius 1 is 1.32 bits per heavy atom. The lowest BCUT2D eigenvalue weighted by Crippen LogP contribution is -2.08. The van der Waals surface area contributed by atoms with Crippen LogP contribution in [0.4, 0.5) is 5.82 Å². The van der Waals surface area contributed by atoms with Crippen molar-refractivity contribution in [1.82, 2.24) is 14.6 Å². The summed E-state index contributed by atoms with van der Waals surface area (Å²) in [4.78, 5) is 4.38. The molecule has 19 heavy (non-hydrogen) atoms. The van der Waals surface area contributed by atoms with Gasteiger partial charge in [-0.25, -0.2) is 9.50 Å². The first-order chi connectivity index (χ1) is 9.13. The van der Waals surface area contributed by atoms with E-state index in [0.717, 1.165) is 28.5 Å². The van der Waals surface area contributed by atoms with Gasteiger partial charge in [0.2, 0.25) is 0 Å². The fourth-order valence-electron chi connectivity index (χ4n) is 2.12. The molecular formula is C14H16N4O. The maximum absolute atomic E-state index is 5.62. The minimum Gasteiger partial charge on any atom is -0.464 e. The first-order valence-corrected chi connectivity index (χ1v) is 6.27. The zero-order chi connectivity index (χ0) is 13.4. The van der Waals surface area contributed by atoms with Crippen LogP contribution in [-0.2, 0) is 0 Å². The van der Waals surface area contributed by atoms with Crippen LogP contribution in [0.15, 0.2) is 35.0 Å². The predicted octanol–water partition coefficient (Wildman–Crippen LogP) is 3.11. The molecule has 0 saturated heterocycles. The van der Waals surface area contributed by atoms with Gasteiger partial charge < -0.3 is 9.73 Å². The molecule has 5 nitrogen and oxygen atoms in total. The lowest BCUT2D eigenvalue weighted by molar-refractivity contribution is 0.466. The molecule has 0 saturated carbocycles. The maximum atomic E-state index is 5.62. The molecule has 5 heteroatoms. The van der Waals surface area contributed by atoms with Gasteiger partial charge in [0, 0.05) is 12.4 Å². The van der Waals surface area contributed by atoms with Crippen molar-refractivity contribution in [3.05, 3.63) is 47.8 Å². The monoisotopic (exact) mass is 256 g/mol. The molecule has 1 atom stereocenters. The molecule has 3 rings (SSSR count). The molecule has 3 heterocycles. The van der Waals surface area contributed by atoms with Gasteiger partial charge in [0.25, 0.3) is 0 Å². The van der Waals surface area contributed by atoms with E-state index < -0.39 is 0 Å². The zero-order valence-electron chi connectivity index (χ0n) is 11.2. The molecule has 3 aromatic heterocycles. The number of nitrogens with zero attached hydrogens (tertiary/aromatic N) is 3. The number of anilines is 1. The quantitative estimate of drug-likeness (QED) is 0.782. The van der Waals surface area contributed by atoms with E-state index in [-0.39, 0.29) is 6.04 Å². The van der Waals surface area contributed by atoms with Gasteiger partial charge in [-0.05, 0) is 39.0 Å². The number of fused-ring (bicyclic) bond motifs is 1. The van der Waals surface area contributed by atoms with Crippen molar-refractivity contribution in [2.24, 2.45) is 0 Å². The van der Waals surface area contributed by atoms with Gasteiger partial charge >= 0.3 is 0 Å². The maximum Gasteiger partial charge on any atom is 0.152 e. The molecule has 0 bridgehead atoms. The Morgan fingerprint density at radius 3 is 2.89 bits per heavy atom. The van der Waals surface area contributed by atoms with Crippen molar-refractivity contribution in [3.8, 4) is 0 Å². The van der Waals surface area contributed by atoms with Crippen LogP contribution >= 0.6 is 0 Å². The zero-order valence-corrected chi connectivity index (χ0v) is 11.2. The standard InChI is InChI=1S/C14H16N4O/c1-9-8-12-14(15-6-7-18(12)17-9)16-11(3)13-5-4-10(2)19-13/h4-8,11H,1-3H3,(H,15,16). The number of aryl methyl sites for hydroxylation is 2. The van der Waals surface area contributed by atoms with Crippen LogP contribution in [0.1, 0.15) is 30.2 Å². The fraction of sp³-hybridized carbons (Fsp3) is 0.286. The Hall–Kier alpha value is -2.30. The third-order valence-corrected chi connectivity index (χ3v) is 3.05. The average Bonchev–Trinajstić information content (AvgIpc) is 2.95. The van der Waals surface area contributed by atoms with Crippen LogP contribution in [0.5, 0.6) is 0 Å². The van der Waals surface area contributed by atoms with E-state index in [1.807, 2.05) is 49.7 Å². The first-order valence-electron chi connectivity index (χ1n) is 6.27. The Labute approximate surface area is 111 Å². The summed E-state index contributed by atoms with van der Waals surface area (Å²) in [6.45, 7) is 5.96. The number of hydrogen-bond donors (Lipinski definition) is 1. The molecule has 98 valence electrons. The van der Waals surface area contributed by atoms with E-state index in [1.54, 1.807) is 6.20 Å². The van der Waals surface area contributed by atoms with Gasteiger partial charge in [0.1, 0.15) is 17.0 Å². The molecule has 0 amide bonds. The normalized spacial score (nSPS) is 12.8. The molecule has 0 fully saturated rings. The van der Waals surface area contributed by atoms with E-state index in [9.17, 15) is 0 Å². The minimum atomic E-state index is 0.0580. The molecule has 0 radical (unpaired) electrons. The lowest BCUT2D eigenvalue weighted by Gasteiger charge is -2.12. The van der Waals surface area contributed by atoms with E-state index in [2.05, 4.69) is 15.4 Å². The van der Waals surface area contributed by atoms with Gasteiger partial charge in [-0.15, -0.1) is 0 Å². The van der Waals surface area contributed by atoms with Crippen LogP contribution in [0.3, 0.4) is 0 Å². The van der Waals surface area contributed by atoms with Crippen LogP contribution in [0.25, 0.3) is 5.52 Å². The molecule has 1 unspecified atom stereocenters. The molecular weight excluding hydrogens is 240 g/mol. The summed E-state index contributed by atoms with van der Waals surface area (Å²) >= 11 is 0. The van der Waals surface area contributed by atoms with Crippen molar-refractivity contribution in [2.75, 3.05) is 5.32 Å². The summed E-state index contributed by atoms with van der Waals surface area (Å²) in [5.41, 5.74) is 1.94. The van der Waals surface area contributed by atoms with E-state index >= 15 is 0 Å². The smallest absolute Gasteiger partial charge is 0.152 e. The largest absolute Gasteiger partial charge is 0.464 e. The van der Waals surface area contributed by atoms with Crippen molar-refractivity contribution < 1.29 is 4.42 Å². The van der Waals surface area contributed by atoms with Gasteiger partial charge in [-0.3, -0.25) is 0 Å². The lowest BCUT2D eigenvalue weighted by atomic mass is 10.2. The average molecular weight is 256 g/mol. The topological polar surface area (TPSA) is 55.4 Å². The highest BCUT2D eigenvalue weighted by Crippen LogP contribution is 2.22. The summed E-state index contributed by atoms with van der Waals surface area (Å²) in [5.74, 6) is 2.62. The highest BCUT2D eigenvalue weighted by molar-refractivity contribution is 5.68. The summed E-state index contributed by atoms with van der Waals surface area (Å²) in [5, 5.41) is 7.73. The number of aromatic nitrogens is 3. The van der Waals surface area contributed by atoms with Gasteiger partial charge in [-0.1, -0.05) is 0 Å². The van der Waals surface area contributed by atoms with Crippen LogP contribution in [0.2, 0.25) is 0 Å². The Bertz CT molecular complexity index is 713. The fourth-order valence-corrected chi connectivity index (χ4v) is 2.12. The van der Waals surface area contributed by atoms with Crippen molar-refractivity contribution >= 4 is 11.3 Å². The van der Waals surface area contributed by atoms with Crippen LogP contribution in [0, 0.1) is 13.8 Å². The Balaban J connectivity index is 1.92. The molecule has 0 aliphatic carbocycles. The van der Waals surface area contributed by atoms with Crippen molar-refractivity contribution in [1.29, 1.82) is 0 Å². The van der Waals surface area contributed by atoms with Crippen molar-refractivity contribution in [2.45, 2.75) is 26.8 Å². The van der Waals surface area contributed by atoms with Gasteiger partial charge in [0.05, 0.1) is 11.7 Å². The summed E-state index contributed by atoms with van der Waals surface area (Å²) < 4.78 is 7.45. The second kappa shape index (κ2) is 4.42. The van der Waals surface area contributed by atoms with Crippen LogP contribution in [-0.4, -0.2) is 14.6 Å². The summed E-state index contributed by atoms with van der Waals surface area (Å²) in [7, 11) is 0. The summed E-state index contributed by atoms with van der Waals surface area (Å²) in [6.07, 6.45) is 3.58. The number of furan rings is 1. The van der Waals surface area contributed by atoms with E-state index in [1.165, 1.54) is 0 Å². The second-order valence-corrected chi connectivity index (χ2v) is 4.71. The molecule has 3 aromatic rings. The first kappa shape index (κ1) is 11.8. The molecule has 0 aliphatic heterocycles. The van der Waals surface area contributed by atoms with Crippen LogP contribution < -0.4 is 5.32 Å². The molecule has 0 aliphatic rings. The minimum absolute atomic E-state index is 0.0580. The predicted molar refractivity (Wildman–Crippen MR) is 73.2 cm³/mol. The van der Waals surface area contributed by atoms with Gasteiger partial charge in [-0.2, -0.15) is 5.10 Å². The number of rotatable bonds is 3. The second-order valence-electron chi connectivity index (χ2n) is 4.71.